The van der Waals surface area contributed by atoms with E-state index in [9.17, 15) is 30.0 Å². The molecule has 5 atom stereocenters. The first-order valence-electron chi connectivity index (χ1n) is 8.82. The summed E-state index contributed by atoms with van der Waals surface area (Å²) in [5, 5.41) is 41.6. The molecule has 0 aromatic carbocycles. The first-order valence-corrected chi connectivity index (χ1v) is 8.82. The molecule has 1 saturated heterocycles. The van der Waals surface area contributed by atoms with Gasteiger partial charge in [-0.2, -0.15) is 0 Å². The van der Waals surface area contributed by atoms with Crippen LogP contribution in [0.25, 0.3) is 0 Å². The molecule has 0 spiro atoms. The number of rotatable bonds is 6. The number of hydrogen-bond donors (Lipinski definition) is 5. The largest absolute Gasteiger partial charge is 0.394 e. The minimum atomic E-state index is -1.82. The molecule has 1 aromatic rings. The van der Waals surface area contributed by atoms with Gasteiger partial charge in [0.2, 0.25) is 0 Å². The van der Waals surface area contributed by atoms with Crippen LogP contribution in [-0.2, 0) is 4.74 Å². The Morgan fingerprint density at radius 2 is 1.96 bits per heavy atom. The average molecular weight is 370 g/mol. The van der Waals surface area contributed by atoms with Gasteiger partial charge in [0.15, 0.2) is 6.23 Å². The summed E-state index contributed by atoms with van der Waals surface area (Å²) in [5.74, 6) is 0. The number of ether oxygens (including phenoxy) is 1. The molecule has 9 heteroatoms. The number of nitrogens with zero attached hydrogens (tertiary/aromatic N) is 1. The standard InChI is InChI=1S/C17H26N2O7/c1-4-5-6-10(21)9-7-19(14(23)18-12(9)22)13-17(25)15(2,3)16(17,24)11(8-20)26-13/h7,10-11,13,20-21,24-25H,4-6,8H2,1-3H3,(H,18,22,23)/t10-,11+,13+,16-,17+/m0/s1. The van der Waals surface area contributed by atoms with Crippen LogP contribution in [0.2, 0.25) is 0 Å². The number of aliphatic hydroxyl groups is 4. The molecule has 26 heavy (non-hydrogen) atoms. The van der Waals surface area contributed by atoms with Crippen molar-refractivity contribution in [2.75, 3.05) is 6.61 Å². The molecule has 1 saturated carbocycles. The van der Waals surface area contributed by atoms with Crippen LogP contribution in [0.1, 0.15) is 57.9 Å². The van der Waals surface area contributed by atoms with Crippen LogP contribution in [0.5, 0.6) is 0 Å². The van der Waals surface area contributed by atoms with Crippen LogP contribution in [0.15, 0.2) is 15.8 Å². The fraction of sp³-hybridized carbons (Fsp3) is 0.765. The number of nitrogens with one attached hydrogen (secondary N) is 1. The van der Waals surface area contributed by atoms with Crippen molar-refractivity contribution in [1.82, 2.24) is 9.55 Å². The van der Waals surface area contributed by atoms with Crippen molar-refractivity contribution < 1.29 is 25.2 Å². The summed E-state index contributed by atoms with van der Waals surface area (Å²) in [6.07, 6.45) is -0.411. The number of fused-ring (bicyclic) bond motifs is 1. The molecule has 0 unspecified atom stereocenters. The smallest absolute Gasteiger partial charge is 0.330 e. The van der Waals surface area contributed by atoms with E-state index in [-0.39, 0.29) is 5.56 Å². The second-order valence-corrected chi connectivity index (χ2v) is 7.73. The van der Waals surface area contributed by atoms with E-state index in [1.165, 1.54) is 6.20 Å². The van der Waals surface area contributed by atoms with Gasteiger partial charge < -0.3 is 25.2 Å². The van der Waals surface area contributed by atoms with Crippen molar-refractivity contribution in [2.24, 2.45) is 5.41 Å². The van der Waals surface area contributed by atoms with Crippen molar-refractivity contribution in [3.8, 4) is 0 Å². The number of aliphatic hydroxyl groups excluding tert-OH is 2. The third-order valence-electron chi connectivity index (χ3n) is 6.14. The molecule has 2 fully saturated rings. The normalized spacial score (nSPS) is 36.0. The fourth-order valence-electron chi connectivity index (χ4n) is 4.30. The van der Waals surface area contributed by atoms with Crippen molar-refractivity contribution in [3.05, 3.63) is 32.6 Å². The minimum Gasteiger partial charge on any atom is -0.394 e. The number of aromatic nitrogens is 2. The molecule has 0 radical (unpaired) electrons. The maximum atomic E-state index is 12.3. The highest BCUT2D eigenvalue weighted by Gasteiger charge is 2.92. The fourth-order valence-corrected chi connectivity index (χ4v) is 4.30. The van der Waals surface area contributed by atoms with Gasteiger partial charge in [-0.05, 0) is 6.42 Å². The van der Waals surface area contributed by atoms with E-state index in [1.54, 1.807) is 13.8 Å². The molecule has 2 heterocycles. The van der Waals surface area contributed by atoms with E-state index in [4.69, 9.17) is 4.74 Å². The Morgan fingerprint density at radius 3 is 2.50 bits per heavy atom. The molecule has 2 aliphatic rings. The van der Waals surface area contributed by atoms with Gasteiger partial charge >= 0.3 is 5.69 Å². The Labute approximate surface area is 149 Å². The topological polar surface area (TPSA) is 145 Å². The monoisotopic (exact) mass is 370 g/mol. The zero-order chi connectivity index (χ0) is 19.5. The zero-order valence-corrected chi connectivity index (χ0v) is 15.1. The van der Waals surface area contributed by atoms with Crippen LogP contribution < -0.4 is 11.2 Å². The van der Waals surface area contributed by atoms with E-state index in [0.717, 1.165) is 11.0 Å². The van der Waals surface area contributed by atoms with Gasteiger partial charge in [-0.3, -0.25) is 14.3 Å². The zero-order valence-electron chi connectivity index (χ0n) is 15.1. The van der Waals surface area contributed by atoms with E-state index in [0.29, 0.717) is 12.8 Å². The molecular formula is C17H26N2O7. The Hall–Kier alpha value is -1.52. The average Bonchev–Trinajstić information content (AvgIpc) is 2.82. The third kappa shape index (κ3) is 2.15. The third-order valence-corrected chi connectivity index (χ3v) is 6.14. The molecule has 3 rings (SSSR count). The Balaban J connectivity index is 2.05. The van der Waals surface area contributed by atoms with Gasteiger partial charge in [-0.25, -0.2) is 4.79 Å². The van der Waals surface area contributed by atoms with Crippen LogP contribution in [0, 0.1) is 5.41 Å². The van der Waals surface area contributed by atoms with E-state index < -0.39 is 52.9 Å². The highest BCUT2D eigenvalue weighted by molar-refractivity contribution is 5.39. The Bertz CT molecular complexity index is 816. The lowest BCUT2D eigenvalue weighted by atomic mass is 10.0. The van der Waals surface area contributed by atoms with Gasteiger partial charge in [0.05, 0.1) is 18.3 Å². The minimum absolute atomic E-state index is 0.0142. The van der Waals surface area contributed by atoms with Crippen molar-refractivity contribution >= 4 is 0 Å². The summed E-state index contributed by atoms with van der Waals surface area (Å²) < 4.78 is 6.52. The number of aromatic amines is 1. The van der Waals surface area contributed by atoms with E-state index in [2.05, 4.69) is 4.98 Å². The predicted octanol–water partition coefficient (Wildman–Crippen LogP) is -0.848. The lowest BCUT2D eigenvalue weighted by Gasteiger charge is -2.27. The van der Waals surface area contributed by atoms with Crippen LogP contribution >= 0.6 is 0 Å². The quantitative estimate of drug-likeness (QED) is 0.439. The first kappa shape index (κ1) is 19.2. The molecule has 0 bridgehead atoms. The molecule has 9 nitrogen and oxygen atoms in total. The van der Waals surface area contributed by atoms with Gasteiger partial charge in [0, 0.05) is 11.6 Å². The highest BCUT2D eigenvalue weighted by Crippen LogP contribution is 2.75. The van der Waals surface area contributed by atoms with Gasteiger partial charge in [-0.15, -0.1) is 0 Å². The summed E-state index contributed by atoms with van der Waals surface area (Å²) in [4.78, 5) is 26.5. The number of H-pyrrole nitrogens is 1. The molecule has 1 aliphatic heterocycles. The lowest BCUT2D eigenvalue weighted by Crippen LogP contribution is -2.41. The SMILES string of the molecule is CCCC[C@H](O)c1cn([C@@H]2O[C@H](CO)[C@]3(O)C(C)(C)[C@]23O)c(=O)[nH]c1=O. The summed E-state index contributed by atoms with van der Waals surface area (Å²) in [6.45, 7) is 4.63. The molecular weight excluding hydrogens is 344 g/mol. The number of hydrogen-bond acceptors (Lipinski definition) is 7. The van der Waals surface area contributed by atoms with Gasteiger partial charge in [0.25, 0.3) is 5.56 Å². The van der Waals surface area contributed by atoms with Gasteiger partial charge in [-0.1, -0.05) is 33.6 Å². The first-order chi connectivity index (χ1) is 12.1. The summed E-state index contributed by atoms with van der Waals surface area (Å²) in [6, 6.07) is 0. The second kappa shape index (κ2) is 6.00. The van der Waals surface area contributed by atoms with Crippen molar-refractivity contribution in [3.63, 3.8) is 0 Å². The summed E-state index contributed by atoms with van der Waals surface area (Å²) in [5.41, 5.74) is -6.13. The van der Waals surface area contributed by atoms with Crippen LogP contribution in [-0.4, -0.2) is 53.9 Å². The molecule has 1 aromatic heterocycles. The second-order valence-electron chi connectivity index (χ2n) is 7.73. The van der Waals surface area contributed by atoms with E-state index in [1.807, 2.05) is 6.92 Å². The van der Waals surface area contributed by atoms with Crippen LogP contribution in [0.3, 0.4) is 0 Å². The highest BCUT2D eigenvalue weighted by atomic mass is 16.6. The lowest BCUT2D eigenvalue weighted by molar-refractivity contribution is -0.126. The Morgan fingerprint density at radius 1 is 1.31 bits per heavy atom. The van der Waals surface area contributed by atoms with Crippen LogP contribution in [0.4, 0.5) is 0 Å². The molecule has 1 aliphatic carbocycles. The summed E-state index contributed by atoms with van der Waals surface area (Å²) >= 11 is 0. The molecule has 0 amide bonds. The van der Waals surface area contributed by atoms with Crippen molar-refractivity contribution in [1.29, 1.82) is 0 Å². The maximum absolute atomic E-state index is 12.3. The molecule has 5 N–H and O–H groups in total. The summed E-state index contributed by atoms with van der Waals surface area (Å²) in [7, 11) is 0. The van der Waals surface area contributed by atoms with Crippen molar-refractivity contribution in [2.45, 2.75) is 69.7 Å². The van der Waals surface area contributed by atoms with Gasteiger partial charge in [0.1, 0.15) is 17.3 Å². The predicted molar refractivity (Wildman–Crippen MR) is 90.5 cm³/mol. The maximum Gasteiger partial charge on any atom is 0.330 e. The van der Waals surface area contributed by atoms with E-state index >= 15 is 0 Å². The Kier molecular flexibility index (Phi) is 4.44. The number of unbranched alkanes of at least 4 members (excludes halogenated alkanes) is 1. The molecule has 146 valence electrons.